The second-order valence-corrected chi connectivity index (χ2v) is 5.40. The first-order chi connectivity index (χ1) is 9.16. The zero-order valence-electron chi connectivity index (χ0n) is 11.7. The zero-order chi connectivity index (χ0) is 15.4. The van der Waals surface area contributed by atoms with Gasteiger partial charge in [0.05, 0.1) is 13.2 Å². The molecule has 1 saturated heterocycles. The summed E-state index contributed by atoms with van der Waals surface area (Å²) < 4.78 is 43.0. The van der Waals surface area contributed by atoms with E-state index in [0.717, 1.165) is 4.90 Å². The highest BCUT2D eigenvalue weighted by Gasteiger charge is 2.57. The number of halogens is 3. The van der Waals surface area contributed by atoms with Crippen LogP contribution >= 0.6 is 0 Å². The second kappa shape index (κ2) is 6.62. The first kappa shape index (κ1) is 17.0. The summed E-state index contributed by atoms with van der Waals surface area (Å²) >= 11 is 0. The van der Waals surface area contributed by atoms with E-state index in [4.69, 9.17) is 4.74 Å². The van der Waals surface area contributed by atoms with E-state index < -0.39 is 30.8 Å². The molecule has 118 valence electrons. The summed E-state index contributed by atoms with van der Waals surface area (Å²) in [5, 5.41) is 11.9. The van der Waals surface area contributed by atoms with Crippen LogP contribution in [0.1, 0.15) is 20.3 Å². The summed E-state index contributed by atoms with van der Waals surface area (Å²) in [6.45, 7) is 4.23. The molecule has 20 heavy (non-hydrogen) atoms. The Kier molecular flexibility index (Phi) is 5.64. The fourth-order valence-electron chi connectivity index (χ4n) is 1.86. The number of ether oxygens (including phenoxy) is 1. The lowest BCUT2D eigenvalue weighted by atomic mass is 10.0. The van der Waals surface area contributed by atoms with Crippen molar-refractivity contribution in [2.24, 2.45) is 5.92 Å². The van der Waals surface area contributed by atoms with Gasteiger partial charge >= 0.3 is 12.2 Å². The molecule has 2 N–H and O–H groups in total. The minimum atomic E-state index is -4.72. The van der Waals surface area contributed by atoms with Crippen LogP contribution in [-0.2, 0) is 4.74 Å². The number of carbonyl (C=O) groups excluding carboxylic acids is 1. The topological polar surface area (TPSA) is 61.8 Å². The lowest BCUT2D eigenvalue weighted by Crippen LogP contribution is -2.49. The number of β-amino-alcohol motifs (C(OH)–C–C–N with tert-alkyl or cyclic N) is 1. The first-order valence-electron chi connectivity index (χ1n) is 6.55. The number of aliphatic hydroxyl groups is 1. The molecule has 0 radical (unpaired) electrons. The average molecular weight is 298 g/mol. The standard InChI is InChI=1S/C12H21F3N2O3/c1-9(2)7-20-6-4-16-10(18)17-5-3-11(19,8-17)12(13,14)15/h9,19H,3-8H2,1-2H3,(H,16,18)/t11-/m0/s1. The van der Waals surface area contributed by atoms with Gasteiger partial charge in [-0.3, -0.25) is 0 Å². The highest BCUT2D eigenvalue weighted by atomic mass is 19.4. The van der Waals surface area contributed by atoms with Crippen molar-refractivity contribution in [2.45, 2.75) is 32.0 Å². The molecule has 0 aromatic rings. The molecule has 5 nitrogen and oxygen atoms in total. The highest BCUT2D eigenvalue weighted by Crippen LogP contribution is 2.37. The molecule has 2 amide bonds. The van der Waals surface area contributed by atoms with Crippen LogP contribution in [0.15, 0.2) is 0 Å². The summed E-state index contributed by atoms with van der Waals surface area (Å²) in [7, 11) is 0. The van der Waals surface area contributed by atoms with Gasteiger partial charge in [-0.25, -0.2) is 4.79 Å². The quantitative estimate of drug-likeness (QED) is 0.754. The van der Waals surface area contributed by atoms with Gasteiger partial charge in [-0.15, -0.1) is 0 Å². The third-order valence-electron chi connectivity index (χ3n) is 3.04. The van der Waals surface area contributed by atoms with Gasteiger partial charge in [-0.1, -0.05) is 13.8 Å². The summed E-state index contributed by atoms with van der Waals surface area (Å²) in [4.78, 5) is 12.6. The summed E-state index contributed by atoms with van der Waals surface area (Å²) in [5.74, 6) is 0.381. The molecule has 0 aromatic carbocycles. The van der Waals surface area contributed by atoms with Gasteiger partial charge in [0, 0.05) is 26.1 Å². The molecular weight excluding hydrogens is 277 g/mol. The van der Waals surface area contributed by atoms with E-state index in [1.165, 1.54) is 0 Å². The average Bonchev–Trinajstić information content (AvgIpc) is 2.71. The third kappa shape index (κ3) is 4.52. The lowest BCUT2D eigenvalue weighted by molar-refractivity contribution is -0.253. The van der Waals surface area contributed by atoms with E-state index in [2.05, 4.69) is 5.32 Å². The van der Waals surface area contributed by atoms with Gasteiger partial charge in [0.2, 0.25) is 0 Å². The van der Waals surface area contributed by atoms with Gasteiger partial charge in [0.1, 0.15) is 0 Å². The van der Waals surface area contributed by atoms with Crippen LogP contribution in [0.25, 0.3) is 0 Å². The van der Waals surface area contributed by atoms with Crippen LogP contribution in [0, 0.1) is 5.92 Å². The van der Waals surface area contributed by atoms with E-state index in [9.17, 15) is 23.1 Å². The Hall–Kier alpha value is -1.02. The Bertz CT molecular complexity index is 336. The first-order valence-corrected chi connectivity index (χ1v) is 6.55. The van der Waals surface area contributed by atoms with Crippen LogP contribution in [-0.4, -0.2) is 60.7 Å². The van der Waals surface area contributed by atoms with Gasteiger partial charge in [-0.2, -0.15) is 13.2 Å². The molecule has 8 heteroatoms. The van der Waals surface area contributed by atoms with Gasteiger partial charge in [0.25, 0.3) is 0 Å². The molecule has 0 aromatic heterocycles. The van der Waals surface area contributed by atoms with Crippen molar-refractivity contribution in [2.75, 3.05) is 32.8 Å². The summed E-state index contributed by atoms with van der Waals surface area (Å²) in [6, 6.07) is -0.613. The fourth-order valence-corrected chi connectivity index (χ4v) is 1.86. The maximum atomic E-state index is 12.6. The predicted molar refractivity (Wildman–Crippen MR) is 66.3 cm³/mol. The van der Waals surface area contributed by atoms with Crippen molar-refractivity contribution in [3.05, 3.63) is 0 Å². The molecule has 0 unspecified atom stereocenters. The monoisotopic (exact) mass is 298 g/mol. The number of nitrogens with one attached hydrogen (secondary N) is 1. The number of carbonyl (C=O) groups is 1. The lowest BCUT2D eigenvalue weighted by Gasteiger charge is -2.25. The molecule has 0 saturated carbocycles. The van der Waals surface area contributed by atoms with Gasteiger partial charge < -0.3 is 20.1 Å². The van der Waals surface area contributed by atoms with E-state index in [-0.39, 0.29) is 13.1 Å². The Morgan fingerprint density at radius 2 is 2.15 bits per heavy atom. The molecule has 0 bridgehead atoms. The maximum Gasteiger partial charge on any atom is 0.419 e. The number of hydrogen-bond donors (Lipinski definition) is 2. The molecule has 0 aliphatic carbocycles. The van der Waals surface area contributed by atoms with E-state index in [1.807, 2.05) is 13.8 Å². The van der Waals surface area contributed by atoms with Crippen LogP contribution in [0.3, 0.4) is 0 Å². The minimum absolute atomic E-state index is 0.116. The van der Waals surface area contributed by atoms with Crippen molar-refractivity contribution in [3.63, 3.8) is 0 Å². The molecule has 1 aliphatic rings. The number of alkyl halides is 3. The van der Waals surface area contributed by atoms with Crippen molar-refractivity contribution >= 4 is 6.03 Å². The molecule has 1 heterocycles. The van der Waals surface area contributed by atoms with Crippen LogP contribution in [0.2, 0.25) is 0 Å². The normalized spacial score (nSPS) is 23.4. The molecule has 1 atom stereocenters. The fraction of sp³-hybridized carbons (Fsp3) is 0.917. The Morgan fingerprint density at radius 3 is 2.65 bits per heavy atom. The predicted octanol–water partition coefficient (Wildman–Crippen LogP) is 1.37. The highest BCUT2D eigenvalue weighted by molar-refractivity contribution is 5.74. The van der Waals surface area contributed by atoms with Crippen molar-refractivity contribution in [1.29, 1.82) is 0 Å². The van der Waals surface area contributed by atoms with Crippen LogP contribution in [0.4, 0.5) is 18.0 Å². The number of hydrogen-bond acceptors (Lipinski definition) is 3. The number of nitrogens with zero attached hydrogens (tertiary/aromatic N) is 1. The zero-order valence-corrected chi connectivity index (χ0v) is 11.7. The van der Waals surface area contributed by atoms with Crippen molar-refractivity contribution in [1.82, 2.24) is 10.2 Å². The molecule has 0 spiro atoms. The van der Waals surface area contributed by atoms with E-state index in [0.29, 0.717) is 19.1 Å². The molecule has 1 fully saturated rings. The van der Waals surface area contributed by atoms with E-state index in [1.54, 1.807) is 0 Å². The number of likely N-dealkylation sites (tertiary alicyclic amines) is 1. The Labute approximate surface area is 116 Å². The number of amides is 2. The molecular formula is C12H21F3N2O3. The Morgan fingerprint density at radius 1 is 1.50 bits per heavy atom. The van der Waals surface area contributed by atoms with Gasteiger partial charge in [-0.05, 0) is 5.92 Å². The smallest absolute Gasteiger partial charge is 0.379 e. The number of rotatable bonds is 5. The largest absolute Gasteiger partial charge is 0.419 e. The molecule has 1 rings (SSSR count). The number of urea groups is 1. The van der Waals surface area contributed by atoms with Crippen molar-refractivity contribution in [3.8, 4) is 0 Å². The van der Waals surface area contributed by atoms with Crippen molar-refractivity contribution < 1.29 is 27.8 Å². The van der Waals surface area contributed by atoms with E-state index >= 15 is 0 Å². The second-order valence-electron chi connectivity index (χ2n) is 5.40. The molecule has 1 aliphatic heterocycles. The minimum Gasteiger partial charge on any atom is -0.379 e. The van der Waals surface area contributed by atoms with Crippen LogP contribution in [0.5, 0.6) is 0 Å². The SMILES string of the molecule is CC(C)COCCNC(=O)N1CC[C@@](O)(C(F)(F)F)C1. The van der Waals surface area contributed by atoms with Gasteiger partial charge in [0.15, 0.2) is 5.60 Å². The maximum absolute atomic E-state index is 12.6. The third-order valence-corrected chi connectivity index (χ3v) is 3.04. The summed E-state index contributed by atoms with van der Waals surface area (Å²) in [5.41, 5.74) is -2.79. The Balaban J connectivity index is 2.29. The summed E-state index contributed by atoms with van der Waals surface area (Å²) in [6.07, 6.45) is -5.21. The van der Waals surface area contributed by atoms with Crippen LogP contribution < -0.4 is 5.32 Å².